The van der Waals surface area contributed by atoms with E-state index in [1.165, 1.54) is 12.7 Å². The monoisotopic (exact) mass is 510 g/mol. The van der Waals surface area contributed by atoms with Crippen molar-refractivity contribution in [3.05, 3.63) is 58.1 Å². The van der Waals surface area contributed by atoms with Crippen LogP contribution in [0.25, 0.3) is 11.1 Å². The van der Waals surface area contributed by atoms with Gasteiger partial charge in [-0.2, -0.15) is 0 Å². The zero-order chi connectivity index (χ0) is 25.1. The molecule has 0 aliphatic carbocycles. The minimum absolute atomic E-state index is 0.288. The third-order valence-corrected chi connectivity index (χ3v) is 6.25. The zero-order valence-corrected chi connectivity index (χ0v) is 21.1. The summed E-state index contributed by atoms with van der Waals surface area (Å²) in [5.74, 6) is -1.71. The highest BCUT2D eigenvalue weighted by Gasteiger charge is 2.41. The fourth-order valence-electron chi connectivity index (χ4n) is 3.93. The van der Waals surface area contributed by atoms with Crippen LogP contribution in [0.1, 0.15) is 50.5 Å². The van der Waals surface area contributed by atoms with Gasteiger partial charge in [-0.1, -0.05) is 60.7 Å². The molecule has 2 aromatic rings. The highest BCUT2D eigenvalue weighted by atomic mass is 35.5. The largest absolute Gasteiger partial charge is 0.469 e. The number of rotatable bonds is 13. The maximum Gasteiger partial charge on any atom is 0.338 e. The van der Waals surface area contributed by atoms with Crippen molar-refractivity contribution in [2.24, 2.45) is 0 Å². The second kappa shape index (κ2) is 13.7. The van der Waals surface area contributed by atoms with E-state index in [9.17, 15) is 19.8 Å². The highest BCUT2D eigenvalue weighted by molar-refractivity contribution is 6.31. The van der Waals surface area contributed by atoms with E-state index in [0.717, 1.165) is 50.3 Å². The molecule has 0 aromatic heterocycles. The quantitative estimate of drug-likeness (QED) is 0.278. The fourth-order valence-corrected chi connectivity index (χ4v) is 4.23. The molecule has 186 valence electrons. The number of hydrogen-bond donors (Lipinski definition) is 2. The van der Waals surface area contributed by atoms with Crippen molar-refractivity contribution in [3.8, 4) is 11.1 Å². The molecular formula is C26H32Cl2O6. The number of aliphatic hydroxyl groups excluding tert-OH is 1. The van der Waals surface area contributed by atoms with E-state index in [2.05, 4.69) is 9.47 Å². The summed E-state index contributed by atoms with van der Waals surface area (Å²) in [5, 5.41) is 22.2. The Hall–Kier alpha value is -2.12. The highest BCUT2D eigenvalue weighted by Crippen LogP contribution is 2.29. The Balaban J connectivity index is 1.82. The van der Waals surface area contributed by atoms with Gasteiger partial charge in [0.1, 0.15) is 0 Å². The van der Waals surface area contributed by atoms with E-state index in [0.29, 0.717) is 16.5 Å². The third-order valence-electron chi connectivity index (χ3n) is 5.76. The molecule has 0 bridgehead atoms. The van der Waals surface area contributed by atoms with Gasteiger partial charge in [-0.15, -0.1) is 0 Å². The van der Waals surface area contributed by atoms with Gasteiger partial charge in [0.2, 0.25) is 0 Å². The molecule has 0 saturated carbocycles. The molecule has 0 saturated heterocycles. The smallest absolute Gasteiger partial charge is 0.338 e. The number of carbonyl (C=O) groups excluding carboxylic acids is 2. The fraction of sp³-hybridized carbons (Fsp3) is 0.462. The van der Waals surface area contributed by atoms with Crippen LogP contribution in [0.15, 0.2) is 42.5 Å². The van der Waals surface area contributed by atoms with Gasteiger partial charge < -0.3 is 19.7 Å². The topological polar surface area (TPSA) is 93.1 Å². The van der Waals surface area contributed by atoms with Gasteiger partial charge in [-0.25, -0.2) is 4.79 Å². The first kappa shape index (κ1) is 28.1. The molecule has 0 heterocycles. The molecule has 2 atom stereocenters. The maximum absolute atomic E-state index is 11.9. The number of benzene rings is 2. The van der Waals surface area contributed by atoms with E-state index in [-0.39, 0.29) is 6.42 Å². The molecule has 2 aromatic carbocycles. The van der Waals surface area contributed by atoms with Crippen molar-refractivity contribution in [3.63, 3.8) is 0 Å². The maximum atomic E-state index is 11.9. The first-order valence-corrected chi connectivity index (χ1v) is 12.0. The Morgan fingerprint density at radius 3 is 2.24 bits per heavy atom. The Kier molecular flexibility index (Phi) is 11.3. The Morgan fingerprint density at radius 2 is 1.59 bits per heavy atom. The van der Waals surface area contributed by atoms with Crippen LogP contribution >= 0.6 is 23.2 Å². The summed E-state index contributed by atoms with van der Waals surface area (Å²) in [7, 11) is 2.29. The summed E-state index contributed by atoms with van der Waals surface area (Å²) in [6.07, 6.45) is 3.02. The number of aryl methyl sites for hydroxylation is 1. The molecule has 2 N–H and O–H groups in total. The Labute approximate surface area is 210 Å². The zero-order valence-electron chi connectivity index (χ0n) is 19.6. The third kappa shape index (κ3) is 8.58. The number of esters is 2. The van der Waals surface area contributed by atoms with E-state index in [1.807, 2.05) is 42.5 Å². The van der Waals surface area contributed by atoms with Crippen molar-refractivity contribution < 1.29 is 29.3 Å². The van der Waals surface area contributed by atoms with Gasteiger partial charge in [0.15, 0.2) is 5.60 Å². The van der Waals surface area contributed by atoms with Crippen molar-refractivity contribution in [2.45, 2.75) is 63.1 Å². The number of ether oxygens (including phenoxy) is 2. The predicted molar refractivity (Wildman–Crippen MR) is 133 cm³/mol. The lowest BCUT2D eigenvalue weighted by atomic mass is 9.90. The first-order chi connectivity index (χ1) is 16.2. The average molecular weight is 511 g/mol. The Bertz CT molecular complexity index is 947. The molecule has 0 fully saturated rings. The normalized spacial score (nSPS) is 13.7. The van der Waals surface area contributed by atoms with Gasteiger partial charge in [-0.3, -0.25) is 4.79 Å². The number of methoxy groups -OCH3 is 2. The number of unbranched alkanes of at least 4 members (excludes halogenated alkanes) is 3. The van der Waals surface area contributed by atoms with E-state index in [1.54, 1.807) is 0 Å². The number of halogens is 2. The minimum Gasteiger partial charge on any atom is -0.469 e. The second-order valence-electron chi connectivity index (χ2n) is 8.40. The SMILES string of the molecule is COC(=O)CC(O)(CC(O)CCCCCCc1ccc(Cl)cc1-c1ccc(Cl)cc1)C(=O)OC. The van der Waals surface area contributed by atoms with Gasteiger partial charge in [-0.05, 0) is 60.2 Å². The standard InChI is InChI=1S/C26H32Cl2O6/c1-33-24(30)17-26(32,25(31)34-2)16-22(29)8-6-4-3-5-7-18-11-14-21(28)15-23(18)19-9-12-20(27)13-10-19/h9-15,22,29,32H,3-8,16-17H2,1-2H3. The van der Waals surface area contributed by atoms with Crippen LogP contribution in [-0.4, -0.2) is 48.1 Å². The lowest BCUT2D eigenvalue weighted by Gasteiger charge is -2.26. The lowest BCUT2D eigenvalue weighted by Crippen LogP contribution is -2.44. The van der Waals surface area contributed by atoms with Gasteiger partial charge in [0.25, 0.3) is 0 Å². The summed E-state index contributed by atoms with van der Waals surface area (Å²) in [4.78, 5) is 23.5. The number of aliphatic hydroxyl groups is 2. The molecule has 0 spiro atoms. The van der Waals surface area contributed by atoms with E-state index < -0.39 is 30.1 Å². The van der Waals surface area contributed by atoms with Crippen molar-refractivity contribution in [2.75, 3.05) is 14.2 Å². The predicted octanol–water partition coefficient (Wildman–Crippen LogP) is 5.37. The summed E-state index contributed by atoms with van der Waals surface area (Å²) in [5.41, 5.74) is 1.26. The lowest BCUT2D eigenvalue weighted by molar-refractivity contribution is -0.172. The summed E-state index contributed by atoms with van der Waals surface area (Å²) in [6.45, 7) is 0. The van der Waals surface area contributed by atoms with E-state index >= 15 is 0 Å². The molecule has 0 radical (unpaired) electrons. The molecular weight excluding hydrogens is 479 g/mol. The Morgan fingerprint density at radius 1 is 0.941 bits per heavy atom. The van der Waals surface area contributed by atoms with Crippen LogP contribution in [-0.2, 0) is 25.5 Å². The van der Waals surface area contributed by atoms with Gasteiger partial charge in [0.05, 0.1) is 26.7 Å². The molecule has 0 aliphatic heterocycles. The van der Waals surface area contributed by atoms with Crippen LogP contribution in [0.3, 0.4) is 0 Å². The van der Waals surface area contributed by atoms with Crippen LogP contribution in [0.4, 0.5) is 0 Å². The minimum atomic E-state index is -2.10. The molecule has 2 unspecified atom stereocenters. The molecule has 0 aliphatic rings. The van der Waals surface area contributed by atoms with Gasteiger partial charge >= 0.3 is 11.9 Å². The van der Waals surface area contributed by atoms with Crippen LogP contribution in [0.2, 0.25) is 10.0 Å². The molecule has 8 heteroatoms. The molecule has 0 amide bonds. The van der Waals surface area contributed by atoms with Crippen LogP contribution < -0.4 is 0 Å². The van der Waals surface area contributed by atoms with Crippen LogP contribution in [0, 0.1) is 0 Å². The number of hydrogen-bond acceptors (Lipinski definition) is 6. The first-order valence-electron chi connectivity index (χ1n) is 11.3. The molecule has 6 nitrogen and oxygen atoms in total. The van der Waals surface area contributed by atoms with E-state index in [4.69, 9.17) is 23.2 Å². The van der Waals surface area contributed by atoms with Crippen LogP contribution in [0.5, 0.6) is 0 Å². The summed E-state index contributed by atoms with van der Waals surface area (Å²) in [6, 6.07) is 13.6. The van der Waals surface area contributed by atoms with Crippen molar-refractivity contribution in [1.29, 1.82) is 0 Å². The molecule has 2 rings (SSSR count). The second-order valence-corrected chi connectivity index (χ2v) is 9.27. The average Bonchev–Trinajstić information content (AvgIpc) is 2.81. The van der Waals surface area contributed by atoms with Crippen molar-refractivity contribution >= 4 is 35.1 Å². The van der Waals surface area contributed by atoms with Gasteiger partial charge in [0, 0.05) is 16.5 Å². The van der Waals surface area contributed by atoms with Crippen molar-refractivity contribution in [1.82, 2.24) is 0 Å². The summed E-state index contributed by atoms with van der Waals surface area (Å²) >= 11 is 12.2. The molecule has 34 heavy (non-hydrogen) atoms. The summed E-state index contributed by atoms with van der Waals surface area (Å²) < 4.78 is 9.12. The number of carbonyl (C=O) groups is 2.